The highest BCUT2D eigenvalue weighted by Crippen LogP contribution is 2.23. The van der Waals surface area contributed by atoms with Crippen molar-refractivity contribution in [3.63, 3.8) is 0 Å². The van der Waals surface area contributed by atoms with E-state index in [1.165, 1.54) is 16.0 Å². The molecule has 2 aromatic rings. The molecular formula is C17H28N6O. The van der Waals surface area contributed by atoms with Crippen molar-refractivity contribution in [2.24, 2.45) is 0 Å². The number of aryl methyl sites for hydroxylation is 1. The van der Waals surface area contributed by atoms with Crippen LogP contribution in [0.4, 0.5) is 0 Å². The summed E-state index contributed by atoms with van der Waals surface area (Å²) in [4.78, 5) is 16.1. The van der Waals surface area contributed by atoms with Crippen molar-refractivity contribution in [3.8, 4) is 0 Å². The number of aromatic nitrogens is 1. The summed E-state index contributed by atoms with van der Waals surface area (Å²) in [6.07, 6.45) is 0.623. The van der Waals surface area contributed by atoms with E-state index in [0.29, 0.717) is 13.1 Å². The second kappa shape index (κ2) is 8.25. The predicted molar refractivity (Wildman–Crippen MR) is 97.2 cm³/mol. The fourth-order valence-electron chi connectivity index (χ4n) is 2.72. The second-order valence-corrected chi connectivity index (χ2v) is 5.94. The number of nitrogens with zero attached hydrogens (tertiary/aromatic N) is 2. The van der Waals surface area contributed by atoms with Crippen molar-refractivity contribution < 1.29 is 4.79 Å². The Morgan fingerprint density at radius 3 is 2.58 bits per heavy atom. The number of carbonyl (C=O) groups excluding carboxylic acids is 1. The molecule has 0 aliphatic rings. The number of hydrogen-bond donors (Lipinski definition) is 4. The highest BCUT2D eigenvalue weighted by atomic mass is 16.2. The van der Waals surface area contributed by atoms with Gasteiger partial charge in [-0.3, -0.25) is 20.5 Å². The fraction of sp³-hybridized carbons (Fsp3) is 0.471. The van der Waals surface area contributed by atoms with Crippen molar-refractivity contribution >= 4 is 16.8 Å². The number of rotatable bonds is 8. The summed E-state index contributed by atoms with van der Waals surface area (Å²) in [6, 6.07) is 7.87. The predicted octanol–water partition coefficient (Wildman–Crippen LogP) is 0.594. The van der Waals surface area contributed by atoms with Crippen LogP contribution in [0.2, 0.25) is 0 Å². The standard InChI is InChI=1S/C17H28N6O/c1-12-14(13-8-6-7-9-15(13)21-12)10-16(17(24)23(5)19-3)20-11-22(4)18-2/h6-9,16,18-21H,10-11H2,1-5H3/t16-/m1/s1. The number of hydrogen-bond acceptors (Lipinski definition) is 5. The average molecular weight is 332 g/mol. The largest absolute Gasteiger partial charge is 0.358 e. The molecule has 0 saturated heterocycles. The lowest BCUT2D eigenvalue weighted by molar-refractivity contribution is -0.134. The normalized spacial score (nSPS) is 12.8. The van der Waals surface area contributed by atoms with Gasteiger partial charge < -0.3 is 4.98 Å². The monoisotopic (exact) mass is 332 g/mol. The van der Waals surface area contributed by atoms with Crippen LogP contribution in [0.15, 0.2) is 24.3 Å². The van der Waals surface area contributed by atoms with Gasteiger partial charge in [0.2, 0.25) is 0 Å². The summed E-state index contributed by atoms with van der Waals surface area (Å²) in [5, 5.41) is 7.91. The van der Waals surface area contributed by atoms with Gasteiger partial charge in [0.05, 0.1) is 12.7 Å². The number of H-pyrrole nitrogens is 1. The van der Waals surface area contributed by atoms with Crippen LogP contribution >= 0.6 is 0 Å². The topological polar surface area (TPSA) is 75.4 Å². The van der Waals surface area contributed by atoms with E-state index >= 15 is 0 Å². The molecule has 2 rings (SSSR count). The van der Waals surface area contributed by atoms with Crippen LogP contribution in [-0.2, 0) is 11.2 Å². The lowest BCUT2D eigenvalue weighted by Crippen LogP contribution is -2.53. The molecule has 1 aromatic carbocycles. The number of nitrogens with one attached hydrogen (secondary N) is 4. The Labute approximate surface area is 143 Å². The van der Waals surface area contributed by atoms with Crippen LogP contribution in [0.1, 0.15) is 11.3 Å². The quantitative estimate of drug-likeness (QED) is 0.421. The highest BCUT2D eigenvalue weighted by molar-refractivity contribution is 5.87. The maximum atomic E-state index is 12.7. The molecule has 0 aliphatic heterocycles. The molecule has 0 fully saturated rings. The van der Waals surface area contributed by atoms with Crippen molar-refractivity contribution in [1.82, 2.24) is 31.2 Å². The smallest absolute Gasteiger partial charge is 0.253 e. The third-order valence-electron chi connectivity index (χ3n) is 4.36. The molecule has 0 radical (unpaired) electrons. The average Bonchev–Trinajstić information content (AvgIpc) is 2.92. The third kappa shape index (κ3) is 4.12. The van der Waals surface area contributed by atoms with Gasteiger partial charge in [0.1, 0.15) is 0 Å². The molecule has 7 heteroatoms. The van der Waals surface area contributed by atoms with E-state index < -0.39 is 0 Å². The van der Waals surface area contributed by atoms with Gasteiger partial charge in [0, 0.05) is 37.7 Å². The van der Waals surface area contributed by atoms with Crippen molar-refractivity contribution in [2.45, 2.75) is 19.4 Å². The highest BCUT2D eigenvalue weighted by Gasteiger charge is 2.24. The van der Waals surface area contributed by atoms with Crippen LogP contribution in [0, 0.1) is 6.92 Å². The van der Waals surface area contributed by atoms with Gasteiger partial charge in [-0.1, -0.05) is 18.2 Å². The molecule has 0 aliphatic carbocycles. The number of benzene rings is 1. The zero-order valence-corrected chi connectivity index (χ0v) is 15.1. The van der Waals surface area contributed by atoms with Crippen LogP contribution < -0.4 is 16.2 Å². The maximum Gasteiger partial charge on any atom is 0.253 e. The molecular weight excluding hydrogens is 304 g/mol. The number of hydrazine groups is 2. The zero-order chi connectivity index (χ0) is 17.7. The number of carbonyl (C=O) groups is 1. The Bertz CT molecular complexity index is 683. The minimum Gasteiger partial charge on any atom is -0.358 e. The Hall–Kier alpha value is -1.93. The summed E-state index contributed by atoms with van der Waals surface area (Å²) in [7, 11) is 7.25. The number of likely N-dealkylation sites (N-methyl/N-ethyl adjacent to an activating group) is 1. The number of aromatic amines is 1. The molecule has 132 valence electrons. The van der Waals surface area contributed by atoms with E-state index in [4.69, 9.17) is 0 Å². The first-order valence-electron chi connectivity index (χ1n) is 8.11. The molecule has 0 spiro atoms. The summed E-state index contributed by atoms with van der Waals surface area (Å²) < 4.78 is 0. The van der Waals surface area contributed by atoms with E-state index in [-0.39, 0.29) is 11.9 Å². The molecule has 1 atom stereocenters. The first kappa shape index (κ1) is 18.4. The molecule has 1 amide bonds. The molecule has 7 nitrogen and oxygen atoms in total. The van der Waals surface area contributed by atoms with E-state index in [0.717, 1.165) is 11.2 Å². The van der Waals surface area contributed by atoms with Crippen LogP contribution in [-0.4, -0.2) is 61.8 Å². The lowest BCUT2D eigenvalue weighted by atomic mass is 10.0. The van der Waals surface area contributed by atoms with Gasteiger partial charge in [-0.05, 0) is 32.0 Å². The number of para-hydroxylation sites is 1. The summed E-state index contributed by atoms with van der Waals surface area (Å²) >= 11 is 0. The van der Waals surface area contributed by atoms with Gasteiger partial charge in [0.15, 0.2) is 0 Å². The summed E-state index contributed by atoms with van der Waals surface area (Å²) in [5.41, 5.74) is 9.29. The molecule has 1 heterocycles. The van der Waals surface area contributed by atoms with Gasteiger partial charge in [-0.15, -0.1) is 0 Å². The first-order valence-corrected chi connectivity index (χ1v) is 8.11. The minimum absolute atomic E-state index is 0.00619. The van der Waals surface area contributed by atoms with Crippen molar-refractivity contribution in [1.29, 1.82) is 0 Å². The Kier molecular flexibility index (Phi) is 6.33. The Morgan fingerprint density at radius 2 is 1.92 bits per heavy atom. The molecule has 0 unspecified atom stereocenters. The number of fused-ring (bicyclic) bond motifs is 1. The zero-order valence-electron chi connectivity index (χ0n) is 15.1. The second-order valence-electron chi connectivity index (χ2n) is 5.94. The van der Waals surface area contributed by atoms with Crippen LogP contribution in [0.25, 0.3) is 10.9 Å². The van der Waals surface area contributed by atoms with E-state index in [1.54, 1.807) is 14.1 Å². The first-order chi connectivity index (χ1) is 11.5. The molecule has 4 N–H and O–H groups in total. The van der Waals surface area contributed by atoms with Gasteiger partial charge in [-0.2, -0.15) is 0 Å². The lowest BCUT2D eigenvalue weighted by Gasteiger charge is -2.26. The van der Waals surface area contributed by atoms with Crippen LogP contribution in [0.5, 0.6) is 0 Å². The third-order valence-corrected chi connectivity index (χ3v) is 4.36. The van der Waals surface area contributed by atoms with Gasteiger partial charge in [-0.25, -0.2) is 10.4 Å². The Morgan fingerprint density at radius 1 is 1.21 bits per heavy atom. The number of amides is 1. The van der Waals surface area contributed by atoms with E-state index in [2.05, 4.69) is 40.2 Å². The van der Waals surface area contributed by atoms with E-state index in [1.807, 2.05) is 31.2 Å². The van der Waals surface area contributed by atoms with Gasteiger partial charge >= 0.3 is 0 Å². The van der Waals surface area contributed by atoms with Crippen LogP contribution in [0.3, 0.4) is 0 Å². The minimum atomic E-state index is -0.323. The fourth-order valence-corrected chi connectivity index (χ4v) is 2.72. The SMILES string of the molecule is CNN(C)CN[C@H](Cc1c(C)[nH]c2ccccc12)C(=O)N(C)NC. The summed E-state index contributed by atoms with van der Waals surface area (Å²) in [5.74, 6) is 0.00619. The maximum absolute atomic E-state index is 12.7. The Balaban J connectivity index is 2.25. The molecule has 0 bridgehead atoms. The molecule has 0 saturated carbocycles. The van der Waals surface area contributed by atoms with Crippen molar-refractivity contribution in [3.05, 3.63) is 35.5 Å². The molecule has 1 aromatic heterocycles. The summed E-state index contributed by atoms with van der Waals surface area (Å²) in [6.45, 7) is 2.62. The van der Waals surface area contributed by atoms with Gasteiger partial charge in [0.25, 0.3) is 5.91 Å². The molecule has 24 heavy (non-hydrogen) atoms. The van der Waals surface area contributed by atoms with Crippen molar-refractivity contribution in [2.75, 3.05) is 34.9 Å². The van der Waals surface area contributed by atoms with E-state index in [9.17, 15) is 4.79 Å².